The lowest BCUT2D eigenvalue weighted by atomic mass is 10.1. The van der Waals surface area contributed by atoms with Crippen LogP contribution in [0.25, 0.3) is 11.3 Å². The third-order valence-electron chi connectivity index (χ3n) is 6.36. The van der Waals surface area contributed by atoms with E-state index in [0.29, 0.717) is 35.9 Å². The van der Waals surface area contributed by atoms with Gasteiger partial charge in [-0.05, 0) is 54.8 Å². The number of hydrogen-bond donors (Lipinski definition) is 1. The number of methoxy groups -OCH3 is 2. The van der Waals surface area contributed by atoms with Gasteiger partial charge in [0.1, 0.15) is 5.75 Å². The zero-order valence-corrected chi connectivity index (χ0v) is 23.0. The lowest BCUT2D eigenvalue weighted by Gasteiger charge is -2.18. The first kappa shape index (κ1) is 26.2. The zero-order chi connectivity index (χ0) is 27.2. The van der Waals surface area contributed by atoms with E-state index in [1.807, 2.05) is 64.7 Å². The van der Waals surface area contributed by atoms with Crippen LogP contribution in [0.15, 0.2) is 82.2 Å². The fourth-order valence-corrected chi connectivity index (χ4v) is 5.20. The highest BCUT2D eigenvalue weighted by Crippen LogP contribution is 2.33. The summed E-state index contributed by atoms with van der Waals surface area (Å²) in [6.07, 6.45) is 1.52. The van der Waals surface area contributed by atoms with Crippen molar-refractivity contribution in [2.24, 2.45) is 10.1 Å². The Morgan fingerprint density at radius 3 is 2.64 bits per heavy atom. The number of carbonyl (C=O) groups is 1. The molecule has 0 fully saturated rings. The van der Waals surface area contributed by atoms with E-state index in [1.54, 1.807) is 14.2 Å². The van der Waals surface area contributed by atoms with Gasteiger partial charge in [0.2, 0.25) is 4.80 Å². The molecule has 0 radical (unpaired) electrons. The molecule has 1 amide bonds. The summed E-state index contributed by atoms with van der Waals surface area (Å²) in [7, 11) is 3.24. The van der Waals surface area contributed by atoms with E-state index in [1.165, 1.54) is 16.9 Å². The Balaban J connectivity index is 1.59. The molecule has 39 heavy (non-hydrogen) atoms. The second kappa shape index (κ2) is 12.0. The highest BCUT2D eigenvalue weighted by Gasteiger charge is 2.18. The SMILES string of the molecule is CCC(=Nn1c(-c2ccc3c(c2)NC(=O)CO3)csc1=NCCc1ccccc1)c1ccc(OC)c(OC)c1. The Kier molecular flexibility index (Phi) is 8.07. The average molecular weight is 543 g/mol. The average Bonchev–Trinajstić information content (AvgIpc) is 3.37. The van der Waals surface area contributed by atoms with Gasteiger partial charge in [0.15, 0.2) is 18.1 Å². The summed E-state index contributed by atoms with van der Waals surface area (Å²) in [6, 6.07) is 21.9. The number of nitrogens with zero attached hydrogens (tertiary/aromatic N) is 3. The van der Waals surface area contributed by atoms with Crippen LogP contribution in [0.1, 0.15) is 24.5 Å². The minimum Gasteiger partial charge on any atom is -0.493 e. The molecule has 0 saturated carbocycles. The van der Waals surface area contributed by atoms with Crippen LogP contribution in [-0.4, -0.2) is 43.7 Å². The Labute approximate surface area is 231 Å². The molecule has 0 saturated heterocycles. The molecule has 0 aliphatic carbocycles. The maximum atomic E-state index is 11.9. The van der Waals surface area contributed by atoms with Crippen molar-refractivity contribution >= 4 is 28.6 Å². The molecule has 0 spiro atoms. The number of carbonyl (C=O) groups excluding carboxylic acids is 1. The van der Waals surface area contributed by atoms with Crippen molar-refractivity contribution in [3.8, 4) is 28.5 Å². The van der Waals surface area contributed by atoms with E-state index in [0.717, 1.165) is 33.8 Å². The first-order valence-electron chi connectivity index (χ1n) is 12.7. The number of rotatable bonds is 9. The normalized spacial score (nSPS) is 13.5. The molecule has 200 valence electrons. The summed E-state index contributed by atoms with van der Waals surface area (Å²) < 4.78 is 18.4. The van der Waals surface area contributed by atoms with Gasteiger partial charge in [0, 0.05) is 23.1 Å². The second-order valence-corrected chi connectivity index (χ2v) is 9.69. The molecular weight excluding hydrogens is 512 g/mol. The Hall–Kier alpha value is -4.37. The van der Waals surface area contributed by atoms with Gasteiger partial charge in [-0.3, -0.25) is 9.79 Å². The summed E-state index contributed by atoms with van der Waals surface area (Å²) >= 11 is 1.53. The van der Waals surface area contributed by atoms with Crippen LogP contribution in [0.3, 0.4) is 0 Å². The van der Waals surface area contributed by atoms with Gasteiger partial charge in [0.25, 0.3) is 5.91 Å². The van der Waals surface area contributed by atoms with Crippen molar-refractivity contribution < 1.29 is 19.0 Å². The molecule has 5 rings (SSSR count). The van der Waals surface area contributed by atoms with Gasteiger partial charge >= 0.3 is 0 Å². The highest BCUT2D eigenvalue weighted by atomic mass is 32.1. The maximum absolute atomic E-state index is 11.9. The number of hydrogen-bond acceptors (Lipinski definition) is 7. The van der Waals surface area contributed by atoms with Crippen molar-refractivity contribution in [2.45, 2.75) is 19.8 Å². The molecule has 4 aromatic rings. The molecule has 0 atom stereocenters. The second-order valence-electron chi connectivity index (χ2n) is 8.85. The van der Waals surface area contributed by atoms with Crippen LogP contribution >= 0.6 is 11.3 Å². The van der Waals surface area contributed by atoms with Gasteiger partial charge in [-0.15, -0.1) is 11.3 Å². The lowest BCUT2D eigenvalue weighted by molar-refractivity contribution is -0.118. The molecule has 9 heteroatoms. The van der Waals surface area contributed by atoms with Crippen molar-refractivity contribution in [3.63, 3.8) is 0 Å². The summed E-state index contributed by atoms with van der Waals surface area (Å²) in [5.41, 5.74) is 5.44. The summed E-state index contributed by atoms with van der Waals surface area (Å²) in [4.78, 5) is 17.6. The van der Waals surface area contributed by atoms with Gasteiger partial charge < -0.3 is 19.5 Å². The predicted octanol–water partition coefficient (Wildman–Crippen LogP) is 5.37. The Morgan fingerprint density at radius 2 is 1.87 bits per heavy atom. The third-order valence-corrected chi connectivity index (χ3v) is 7.21. The molecule has 8 nitrogen and oxygen atoms in total. The topological polar surface area (TPSA) is 86.4 Å². The lowest BCUT2D eigenvalue weighted by Crippen LogP contribution is -2.25. The van der Waals surface area contributed by atoms with E-state index in [4.69, 9.17) is 24.3 Å². The number of benzene rings is 3. The van der Waals surface area contributed by atoms with Crippen molar-refractivity contribution in [2.75, 3.05) is 32.7 Å². The highest BCUT2D eigenvalue weighted by molar-refractivity contribution is 7.07. The van der Waals surface area contributed by atoms with Crippen molar-refractivity contribution in [3.05, 3.63) is 88.0 Å². The van der Waals surface area contributed by atoms with Crippen LogP contribution in [-0.2, 0) is 11.2 Å². The number of anilines is 1. The van der Waals surface area contributed by atoms with E-state index in [-0.39, 0.29) is 12.5 Å². The molecule has 1 N–H and O–H groups in total. The van der Waals surface area contributed by atoms with Crippen LogP contribution < -0.4 is 24.3 Å². The molecule has 1 aliphatic rings. The summed E-state index contributed by atoms with van der Waals surface area (Å²) in [5.74, 6) is 1.78. The van der Waals surface area contributed by atoms with Crippen molar-refractivity contribution in [1.82, 2.24) is 4.68 Å². The van der Waals surface area contributed by atoms with Gasteiger partial charge in [-0.25, -0.2) is 4.68 Å². The molecule has 0 bridgehead atoms. The Morgan fingerprint density at radius 1 is 1.05 bits per heavy atom. The molecule has 3 aromatic carbocycles. The van der Waals surface area contributed by atoms with Crippen LogP contribution in [0.4, 0.5) is 5.69 Å². The van der Waals surface area contributed by atoms with E-state index in [9.17, 15) is 4.79 Å². The smallest absolute Gasteiger partial charge is 0.262 e. The molecule has 1 aromatic heterocycles. The van der Waals surface area contributed by atoms with Gasteiger partial charge in [-0.1, -0.05) is 37.3 Å². The fourth-order valence-electron chi connectivity index (χ4n) is 4.34. The van der Waals surface area contributed by atoms with E-state index in [2.05, 4.69) is 24.4 Å². The Bertz CT molecular complexity index is 1570. The largest absolute Gasteiger partial charge is 0.493 e. The van der Waals surface area contributed by atoms with Crippen LogP contribution in [0, 0.1) is 0 Å². The molecule has 2 heterocycles. The van der Waals surface area contributed by atoms with Gasteiger partial charge in [0.05, 0.1) is 31.3 Å². The maximum Gasteiger partial charge on any atom is 0.262 e. The standard InChI is InChI=1S/C30H30N4O4S/c1-4-23(21-10-13-27(36-2)28(17-21)37-3)33-34-25(22-11-12-26-24(16-22)32-29(35)18-38-26)19-39-30(34)31-15-14-20-8-6-5-7-9-20/h5-13,16-17,19H,4,14-15,18H2,1-3H3,(H,32,35). The quantitative estimate of drug-likeness (QED) is 0.288. The van der Waals surface area contributed by atoms with Gasteiger partial charge in [-0.2, -0.15) is 5.10 Å². The monoisotopic (exact) mass is 542 g/mol. The first-order chi connectivity index (χ1) is 19.1. The van der Waals surface area contributed by atoms with Crippen LogP contribution in [0.5, 0.6) is 17.2 Å². The van der Waals surface area contributed by atoms with Crippen molar-refractivity contribution in [1.29, 1.82) is 0 Å². The summed E-state index contributed by atoms with van der Waals surface area (Å²) in [6.45, 7) is 2.72. The number of amides is 1. The summed E-state index contributed by atoms with van der Waals surface area (Å²) in [5, 5.41) is 10.0. The minimum absolute atomic E-state index is 0.0186. The molecular formula is C30H30N4O4S. The number of ether oxygens (including phenoxy) is 3. The zero-order valence-electron chi connectivity index (χ0n) is 22.1. The van der Waals surface area contributed by atoms with Crippen LogP contribution in [0.2, 0.25) is 0 Å². The number of nitrogens with one attached hydrogen (secondary N) is 1. The first-order valence-corrected chi connectivity index (χ1v) is 13.6. The van der Waals surface area contributed by atoms with E-state index < -0.39 is 0 Å². The number of aromatic nitrogens is 1. The molecule has 0 unspecified atom stereocenters. The predicted molar refractivity (Wildman–Crippen MR) is 154 cm³/mol. The third kappa shape index (κ3) is 5.88. The minimum atomic E-state index is -0.172. The number of thiazole rings is 1. The molecule has 1 aliphatic heterocycles. The fraction of sp³-hybridized carbons (Fsp3) is 0.233. The number of fused-ring (bicyclic) bond motifs is 1. The van der Waals surface area contributed by atoms with E-state index >= 15 is 0 Å².